The van der Waals surface area contributed by atoms with Crippen molar-refractivity contribution < 1.29 is 34.2 Å². The third-order valence-corrected chi connectivity index (χ3v) is 7.81. The number of aliphatic hydroxyl groups is 1. The number of hydrogen-bond donors (Lipinski definition) is 10. The number of carboxylic acids is 1. The molecule has 3 aromatic heterocycles. The predicted molar refractivity (Wildman–Crippen MR) is 176 cm³/mol. The Kier molecular flexibility index (Phi) is 12.6. The van der Waals surface area contributed by atoms with Gasteiger partial charge in [-0.3, -0.25) is 19.2 Å². The number of imidazole rings is 2. The van der Waals surface area contributed by atoms with Gasteiger partial charge in [0.1, 0.15) is 30.2 Å². The van der Waals surface area contributed by atoms with Crippen molar-refractivity contribution in [2.24, 2.45) is 11.7 Å². The normalized spacial score (nSPS) is 14.4. The van der Waals surface area contributed by atoms with Crippen LogP contribution in [0.5, 0.6) is 0 Å². The number of H-pyrrole nitrogens is 3. The SMILES string of the molecule is CC(C)C[C@H](NC(=O)[C@H](Cc1c[nH]c2ccccc12)NC(=O)[C@H](Cc1cnc[nH]1)NC(=O)[C@@H](N)CO)C(=O)N[C@@H](Cc1cnc[nH]1)C(=O)O. The average Bonchev–Trinajstić information content (AvgIpc) is 3.86. The van der Waals surface area contributed by atoms with E-state index in [1.54, 1.807) is 6.20 Å². The molecule has 0 spiro atoms. The van der Waals surface area contributed by atoms with Crippen LogP contribution in [0.15, 0.2) is 55.5 Å². The van der Waals surface area contributed by atoms with Gasteiger partial charge in [-0.15, -0.1) is 0 Å². The highest BCUT2D eigenvalue weighted by Crippen LogP contribution is 2.20. The van der Waals surface area contributed by atoms with Crippen molar-refractivity contribution in [3.05, 3.63) is 72.5 Å². The first-order chi connectivity index (χ1) is 23.4. The molecule has 4 amide bonds. The van der Waals surface area contributed by atoms with Crippen molar-refractivity contribution >= 4 is 40.5 Å². The summed E-state index contributed by atoms with van der Waals surface area (Å²) in [5.41, 5.74) is 8.19. The van der Waals surface area contributed by atoms with E-state index in [0.29, 0.717) is 17.0 Å². The Morgan fingerprint density at radius 3 is 1.86 bits per heavy atom. The Bertz CT molecular complexity index is 1700. The minimum absolute atomic E-state index is 0.00391. The number of aromatic amines is 3. The highest BCUT2D eigenvalue weighted by molar-refractivity contribution is 5.96. The number of nitrogens with two attached hydrogens (primary N) is 1. The highest BCUT2D eigenvalue weighted by atomic mass is 16.4. The fourth-order valence-electron chi connectivity index (χ4n) is 5.25. The topological polar surface area (TPSA) is 273 Å². The lowest BCUT2D eigenvalue weighted by atomic mass is 10.00. The number of hydrogen-bond acceptors (Lipinski definition) is 9. The number of aliphatic carboxylic acids is 1. The lowest BCUT2D eigenvalue weighted by Crippen LogP contribution is -2.59. The zero-order valence-corrected chi connectivity index (χ0v) is 27.1. The number of rotatable bonds is 18. The van der Waals surface area contributed by atoms with Gasteiger partial charge in [0.15, 0.2) is 0 Å². The van der Waals surface area contributed by atoms with Crippen LogP contribution in [0.1, 0.15) is 37.2 Å². The molecule has 262 valence electrons. The minimum atomic E-state index is -1.31. The Hall–Kier alpha value is -5.55. The van der Waals surface area contributed by atoms with Crippen LogP contribution in [0, 0.1) is 5.92 Å². The first kappa shape index (κ1) is 36.3. The van der Waals surface area contributed by atoms with Gasteiger partial charge in [0.2, 0.25) is 23.6 Å². The fraction of sp³-hybridized carbons (Fsp3) is 0.406. The number of para-hydroxylation sites is 1. The maximum atomic E-state index is 14.0. The molecule has 0 aliphatic heterocycles. The van der Waals surface area contributed by atoms with Gasteiger partial charge in [-0.2, -0.15) is 0 Å². The molecule has 1 aromatic carbocycles. The van der Waals surface area contributed by atoms with E-state index in [1.165, 1.54) is 25.0 Å². The summed E-state index contributed by atoms with van der Waals surface area (Å²) in [5, 5.41) is 30.5. The number of aliphatic hydroxyl groups excluding tert-OH is 1. The van der Waals surface area contributed by atoms with Crippen LogP contribution in [-0.2, 0) is 43.2 Å². The average molecular weight is 679 g/mol. The molecule has 0 saturated carbocycles. The zero-order chi connectivity index (χ0) is 35.5. The summed E-state index contributed by atoms with van der Waals surface area (Å²) in [6, 6.07) is 1.17. The molecule has 0 aliphatic rings. The third kappa shape index (κ3) is 10.2. The van der Waals surface area contributed by atoms with Crippen LogP contribution in [0.3, 0.4) is 0 Å². The number of fused-ring (bicyclic) bond motifs is 1. The number of nitrogens with zero attached hydrogens (tertiary/aromatic N) is 2. The van der Waals surface area contributed by atoms with Crippen molar-refractivity contribution in [3.63, 3.8) is 0 Å². The molecule has 3 heterocycles. The molecule has 17 nitrogen and oxygen atoms in total. The van der Waals surface area contributed by atoms with Crippen molar-refractivity contribution in [3.8, 4) is 0 Å². The van der Waals surface area contributed by atoms with Gasteiger partial charge in [0.25, 0.3) is 0 Å². The van der Waals surface area contributed by atoms with E-state index in [2.05, 4.69) is 46.2 Å². The van der Waals surface area contributed by atoms with Gasteiger partial charge in [-0.1, -0.05) is 32.0 Å². The number of benzene rings is 1. The second-order valence-electron chi connectivity index (χ2n) is 12.1. The zero-order valence-electron chi connectivity index (χ0n) is 27.1. The molecular weight excluding hydrogens is 636 g/mol. The Morgan fingerprint density at radius 1 is 0.755 bits per heavy atom. The van der Waals surface area contributed by atoms with Gasteiger partial charge >= 0.3 is 5.97 Å². The van der Waals surface area contributed by atoms with Crippen LogP contribution in [0.25, 0.3) is 10.9 Å². The maximum absolute atomic E-state index is 14.0. The number of nitrogens with one attached hydrogen (secondary N) is 7. The van der Waals surface area contributed by atoms with E-state index in [-0.39, 0.29) is 31.6 Å². The number of carbonyl (C=O) groups excluding carboxylic acids is 4. The summed E-state index contributed by atoms with van der Waals surface area (Å²) in [5.74, 6) is -4.29. The van der Waals surface area contributed by atoms with Gasteiger partial charge in [0, 0.05) is 60.1 Å². The Labute approximate surface area is 281 Å². The molecule has 4 aromatic rings. The molecule has 0 radical (unpaired) electrons. The van der Waals surface area contributed by atoms with Crippen LogP contribution in [0.2, 0.25) is 0 Å². The second kappa shape index (κ2) is 17.0. The van der Waals surface area contributed by atoms with Gasteiger partial charge < -0.3 is 52.2 Å². The van der Waals surface area contributed by atoms with Crippen LogP contribution in [-0.4, -0.2) is 102 Å². The molecule has 0 aliphatic carbocycles. The number of aromatic nitrogens is 5. The van der Waals surface area contributed by atoms with Gasteiger partial charge in [-0.25, -0.2) is 14.8 Å². The molecular formula is C32H42N10O7. The molecule has 0 fully saturated rings. The van der Waals surface area contributed by atoms with E-state index < -0.39 is 66.4 Å². The van der Waals surface area contributed by atoms with E-state index in [9.17, 15) is 34.2 Å². The van der Waals surface area contributed by atoms with Crippen molar-refractivity contribution in [2.45, 2.75) is 69.7 Å². The van der Waals surface area contributed by atoms with Crippen molar-refractivity contribution in [2.75, 3.05) is 6.61 Å². The Morgan fingerprint density at radius 2 is 1.29 bits per heavy atom. The van der Waals surface area contributed by atoms with E-state index in [0.717, 1.165) is 10.9 Å². The molecule has 4 rings (SSSR count). The summed E-state index contributed by atoms with van der Waals surface area (Å²) < 4.78 is 0. The smallest absolute Gasteiger partial charge is 0.326 e. The fourth-order valence-corrected chi connectivity index (χ4v) is 5.25. The molecule has 11 N–H and O–H groups in total. The summed E-state index contributed by atoms with van der Waals surface area (Å²) in [6.45, 7) is 3.03. The summed E-state index contributed by atoms with van der Waals surface area (Å²) in [7, 11) is 0. The van der Waals surface area contributed by atoms with Crippen LogP contribution in [0.4, 0.5) is 0 Å². The molecule has 0 saturated heterocycles. The Balaban J connectivity index is 1.60. The predicted octanol–water partition coefficient (Wildman–Crippen LogP) is -0.968. The minimum Gasteiger partial charge on any atom is -0.480 e. The highest BCUT2D eigenvalue weighted by Gasteiger charge is 2.33. The molecule has 0 bridgehead atoms. The molecule has 17 heteroatoms. The number of carbonyl (C=O) groups is 5. The maximum Gasteiger partial charge on any atom is 0.326 e. The monoisotopic (exact) mass is 678 g/mol. The van der Waals surface area contributed by atoms with E-state index >= 15 is 0 Å². The standard InChI is InChI=1S/C32H42N10O7/c1-17(2)7-24(29(45)42-27(32(48)49)10-20-13-35-16-38-20)40-30(46)25(8-18-11-36-23-6-4-3-5-21(18)23)41-31(47)26(9-19-12-34-15-37-19)39-28(44)22(33)14-43/h3-6,11-13,15-17,22,24-27,36,43H,7-10,14,33H2,1-2H3,(H,34,37)(H,35,38)(H,39,44)(H,40,46)(H,41,47)(H,42,45)(H,48,49)/t22-,24-,25-,26-,27-/m0/s1. The number of amides is 4. The quantitative estimate of drug-likeness (QED) is 0.0615. The summed E-state index contributed by atoms with van der Waals surface area (Å²) >= 11 is 0. The summed E-state index contributed by atoms with van der Waals surface area (Å²) in [4.78, 5) is 82.6. The second-order valence-corrected chi connectivity index (χ2v) is 12.1. The third-order valence-electron chi connectivity index (χ3n) is 7.81. The molecule has 0 unspecified atom stereocenters. The van der Waals surface area contributed by atoms with Crippen molar-refractivity contribution in [1.29, 1.82) is 0 Å². The van der Waals surface area contributed by atoms with Crippen LogP contribution < -0.4 is 27.0 Å². The first-order valence-electron chi connectivity index (χ1n) is 15.7. The van der Waals surface area contributed by atoms with E-state index in [1.807, 2.05) is 38.1 Å². The van der Waals surface area contributed by atoms with Crippen molar-refractivity contribution in [1.82, 2.24) is 46.2 Å². The first-order valence-corrected chi connectivity index (χ1v) is 15.7. The molecule has 5 atom stereocenters. The summed E-state index contributed by atoms with van der Waals surface area (Å²) in [6.07, 6.45) is 7.50. The lowest BCUT2D eigenvalue weighted by molar-refractivity contribution is -0.142. The van der Waals surface area contributed by atoms with Gasteiger partial charge in [0.05, 0.1) is 19.3 Å². The lowest BCUT2D eigenvalue weighted by Gasteiger charge is -2.27. The van der Waals surface area contributed by atoms with E-state index in [4.69, 9.17) is 5.73 Å². The molecule has 49 heavy (non-hydrogen) atoms. The van der Waals surface area contributed by atoms with Crippen LogP contribution >= 0.6 is 0 Å². The van der Waals surface area contributed by atoms with Gasteiger partial charge in [-0.05, 0) is 24.0 Å². The number of carboxylic acid groups (broad SMARTS) is 1. The largest absolute Gasteiger partial charge is 0.480 e.